The number of rotatable bonds is 5. The number of hydrogen-bond acceptors (Lipinski definition) is 3. The third-order valence-electron chi connectivity index (χ3n) is 3.12. The van der Waals surface area contributed by atoms with E-state index in [0.29, 0.717) is 0 Å². The first-order valence-electron chi connectivity index (χ1n) is 6.49. The molecule has 4 heteroatoms. The van der Waals surface area contributed by atoms with Crippen molar-refractivity contribution in [3.8, 4) is 0 Å². The van der Waals surface area contributed by atoms with Crippen LogP contribution in [0.1, 0.15) is 38.1 Å². The molecule has 1 heterocycles. The Kier molecular flexibility index (Phi) is 3.97. The molecule has 1 N–H and O–H groups in total. The van der Waals surface area contributed by atoms with Crippen LogP contribution in [0, 0.1) is 0 Å². The second kappa shape index (κ2) is 5.67. The zero-order chi connectivity index (χ0) is 13.0. The van der Waals surface area contributed by atoms with Gasteiger partial charge in [-0.15, -0.1) is 10.2 Å². The molecule has 0 bridgehead atoms. The summed E-state index contributed by atoms with van der Waals surface area (Å²) in [6, 6.07) is 10.4. The highest BCUT2D eigenvalue weighted by Crippen LogP contribution is 2.24. The van der Waals surface area contributed by atoms with Crippen LogP contribution in [0.4, 0.5) is 5.95 Å². The summed E-state index contributed by atoms with van der Waals surface area (Å²) in [4.78, 5) is 0. The summed E-state index contributed by atoms with van der Waals surface area (Å²) in [5, 5.41) is 11.8. The fourth-order valence-electron chi connectivity index (χ4n) is 2.13. The molecule has 1 atom stereocenters. The summed E-state index contributed by atoms with van der Waals surface area (Å²) in [6.07, 6.45) is 0. The van der Waals surface area contributed by atoms with Crippen molar-refractivity contribution in [2.75, 3.05) is 11.9 Å². The molecule has 0 amide bonds. The fourth-order valence-corrected chi connectivity index (χ4v) is 2.13. The van der Waals surface area contributed by atoms with Gasteiger partial charge in [0.05, 0.1) is 0 Å². The van der Waals surface area contributed by atoms with Crippen molar-refractivity contribution < 1.29 is 0 Å². The van der Waals surface area contributed by atoms with Gasteiger partial charge in [0.15, 0.2) is 0 Å². The third kappa shape index (κ3) is 2.37. The summed E-state index contributed by atoms with van der Waals surface area (Å²) in [5.41, 5.74) is 1.27. The quantitative estimate of drug-likeness (QED) is 0.879. The summed E-state index contributed by atoms with van der Waals surface area (Å²) in [5.74, 6) is 2.13. The van der Waals surface area contributed by atoms with E-state index in [4.69, 9.17) is 0 Å². The minimum Gasteiger partial charge on any atom is -0.355 e. The summed E-state index contributed by atoms with van der Waals surface area (Å²) < 4.78 is 2.14. The molecule has 0 spiro atoms. The number of benzene rings is 1. The first-order valence-corrected chi connectivity index (χ1v) is 6.49. The van der Waals surface area contributed by atoms with Gasteiger partial charge in [0.2, 0.25) is 5.95 Å². The van der Waals surface area contributed by atoms with Crippen LogP contribution in [-0.4, -0.2) is 21.3 Å². The zero-order valence-electron chi connectivity index (χ0n) is 11.2. The van der Waals surface area contributed by atoms with Gasteiger partial charge in [0, 0.05) is 19.0 Å². The van der Waals surface area contributed by atoms with E-state index in [1.54, 1.807) is 0 Å². The lowest BCUT2D eigenvalue weighted by Crippen LogP contribution is -2.11. The predicted molar refractivity (Wildman–Crippen MR) is 73.8 cm³/mol. The van der Waals surface area contributed by atoms with E-state index in [1.165, 1.54) is 5.56 Å². The highest BCUT2D eigenvalue weighted by molar-refractivity contribution is 5.31. The average Bonchev–Trinajstić information content (AvgIpc) is 2.82. The highest BCUT2D eigenvalue weighted by Gasteiger charge is 2.17. The van der Waals surface area contributed by atoms with Crippen molar-refractivity contribution in [1.82, 2.24) is 14.8 Å². The maximum Gasteiger partial charge on any atom is 0.224 e. The van der Waals surface area contributed by atoms with Crippen LogP contribution in [0.15, 0.2) is 30.3 Å². The van der Waals surface area contributed by atoms with Crippen LogP contribution in [0.5, 0.6) is 0 Å². The number of nitrogens with zero attached hydrogens (tertiary/aromatic N) is 3. The Bertz CT molecular complexity index is 490. The Morgan fingerprint density at radius 3 is 2.50 bits per heavy atom. The van der Waals surface area contributed by atoms with Crippen LogP contribution >= 0.6 is 0 Å². The van der Waals surface area contributed by atoms with Crippen molar-refractivity contribution in [3.63, 3.8) is 0 Å². The Morgan fingerprint density at radius 1 is 1.17 bits per heavy atom. The fraction of sp³-hybridized carbons (Fsp3) is 0.429. The molecule has 0 aliphatic carbocycles. The molecule has 0 saturated heterocycles. The van der Waals surface area contributed by atoms with Crippen molar-refractivity contribution in [3.05, 3.63) is 41.7 Å². The number of nitrogens with one attached hydrogen (secondary N) is 1. The molecule has 1 aromatic carbocycles. The maximum absolute atomic E-state index is 4.33. The standard InChI is InChI=1S/C14H20N4/c1-4-15-14-17-16-13(18(14)5-2)11(3)12-9-7-6-8-10-12/h6-11H,4-5H2,1-3H3,(H,15,17). The molecule has 2 rings (SSSR count). The smallest absolute Gasteiger partial charge is 0.224 e. The monoisotopic (exact) mass is 244 g/mol. The highest BCUT2D eigenvalue weighted by atomic mass is 15.3. The van der Waals surface area contributed by atoms with Crippen LogP contribution in [-0.2, 0) is 6.54 Å². The van der Waals surface area contributed by atoms with Crippen LogP contribution in [0.2, 0.25) is 0 Å². The van der Waals surface area contributed by atoms with E-state index in [9.17, 15) is 0 Å². The minimum atomic E-state index is 0.256. The van der Waals surface area contributed by atoms with Gasteiger partial charge >= 0.3 is 0 Å². The first kappa shape index (κ1) is 12.6. The molecule has 1 unspecified atom stereocenters. The summed E-state index contributed by atoms with van der Waals surface area (Å²) in [6.45, 7) is 8.08. The van der Waals surface area contributed by atoms with Gasteiger partial charge in [-0.1, -0.05) is 37.3 Å². The molecule has 1 aromatic heterocycles. The van der Waals surface area contributed by atoms with Crippen molar-refractivity contribution in [2.24, 2.45) is 0 Å². The number of hydrogen-bond donors (Lipinski definition) is 1. The molecular weight excluding hydrogens is 224 g/mol. The van der Waals surface area contributed by atoms with Crippen LogP contribution < -0.4 is 5.32 Å². The van der Waals surface area contributed by atoms with E-state index in [0.717, 1.165) is 24.9 Å². The van der Waals surface area contributed by atoms with Crippen molar-refractivity contribution >= 4 is 5.95 Å². The maximum atomic E-state index is 4.33. The molecule has 96 valence electrons. The second-order valence-electron chi connectivity index (χ2n) is 4.29. The largest absolute Gasteiger partial charge is 0.355 e. The second-order valence-corrected chi connectivity index (χ2v) is 4.29. The molecule has 18 heavy (non-hydrogen) atoms. The molecule has 0 aliphatic heterocycles. The molecule has 0 saturated carbocycles. The number of anilines is 1. The van der Waals surface area contributed by atoms with Gasteiger partial charge in [-0.05, 0) is 19.4 Å². The van der Waals surface area contributed by atoms with Gasteiger partial charge in [-0.3, -0.25) is 4.57 Å². The molecule has 0 aliphatic rings. The summed E-state index contributed by atoms with van der Waals surface area (Å²) >= 11 is 0. The van der Waals surface area contributed by atoms with Crippen molar-refractivity contribution in [2.45, 2.75) is 33.2 Å². The van der Waals surface area contributed by atoms with Gasteiger partial charge in [0.25, 0.3) is 0 Å². The Morgan fingerprint density at radius 2 is 1.89 bits per heavy atom. The molecule has 0 radical (unpaired) electrons. The van der Waals surface area contributed by atoms with Gasteiger partial charge < -0.3 is 5.32 Å². The molecule has 2 aromatic rings. The Balaban J connectivity index is 2.33. The Hall–Kier alpha value is -1.84. The summed E-state index contributed by atoms with van der Waals surface area (Å²) in [7, 11) is 0. The lowest BCUT2D eigenvalue weighted by Gasteiger charge is -2.13. The van der Waals surface area contributed by atoms with Crippen LogP contribution in [0.3, 0.4) is 0 Å². The lowest BCUT2D eigenvalue weighted by atomic mass is 10.0. The first-order chi connectivity index (χ1) is 8.77. The van der Waals surface area contributed by atoms with E-state index in [1.807, 2.05) is 6.07 Å². The minimum absolute atomic E-state index is 0.256. The van der Waals surface area contributed by atoms with Gasteiger partial charge in [0.1, 0.15) is 5.82 Å². The van der Waals surface area contributed by atoms with E-state index in [-0.39, 0.29) is 5.92 Å². The third-order valence-corrected chi connectivity index (χ3v) is 3.12. The van der Waals surface area contributed by atoms with E-state index < -0.39 is 0 Å². The van der Waals surface area contributed by atoms with Gasteiger partial charge in [-0.25, -0.2) is 0 Å². The zero-order valence-corrected chi connectivity index (χ0v) is 11.2. The van der Waals surface area contributed by atoms with E-state index >= 15 is 0 Å². The van der Waals surface area contributed by atoms with Gasteiger partial charge in [-0.2, -0.15) is 0 Å². The number of aromatic nitrogens is 3. The SMILES string of the molecule is CCNc1nnc(C(C)c2ccccc2)n1CC. The lowest BCUT2D eigenvalue weighted by molar-refractivity contribution is 0.672. The predicted octanol–water partition coefficient (Wildman–Crippen LogP) is 2.88. The molecular formula is C14H20N4. The molecule has 0 fully saturated rings. The average molecular weight is 244 g/mol. The Labute approximate surface area is 108 Å². The molecule has 4 nitrogen and oxygen atoms in total. The van der Waals surface area contributed by atoms with E-state index in [2.05, 4.69) is 65.1 Å². The topological polar surface area (TPSA) is 42.7 Å². The van der Waals surface area contributed by atoms with Crippen LogP contribution in [0.25, 0.3) is 0 Å². The van der Waals surface area contributed by atoms with Crippen molar-refractivity contribution in [1.29, 1.82) is 0 Å². The normalized spacial score (nSPS) is 12.4.